The Hall–Kier alpha value is -0.570. The molecule has 2 N–H and O–H groups in total. The van der Waals surface area contributed by atoms with E-state index in [1.807, 2.05) is 4.90 Å². The third kappa shape index (κ3) is 1.85. The molecule has 0 aromatic heterocycles. The molecule has 13 heavy (non-hydrogen) atoms. The van der Waals surface area contributed by atoms with Gasteiger partial charge in [0, 0.05) is 13.1 Å². The lowest BCUT2D eigenvalue weighted by molar-refractivity contribution is -0.133. The largest absolute Gasteiger partial charge is 0.341 e. The van der Waals surface area contributed by atoms with Crippen LogP contribution < -0.4 is 5.73 Å². The van der Waals surface area contributed by atoms with E-state index in [0.717, 1.165) is 38.8 Å². The summed E-state index contributed by atoms with van der Waals surface area (Å²) in [5.41, 5.74) is 5.43. The van der Waals surface area contributed by atoms with Crippen molar-refractivity contribution >= 4 is 5.91 Å². The summed E-state index contributed by atoms with van der Waals surface area (Å²) in [5.74, 6) is 0.203. The Bertz CT molecular complexity index is 203. The average Bonchev–Trinajstić information content (AvgIpc) is 2.88. The lowest BCUT2D eigenvalue weighted by atomic mass is 10.2. The van der Waals surface area contributed by atoms with Crippen LogP contribution in [0, 0.1) is 0 Å². The molecule has 2 aliphatic rings. The van der Waals surface area contributed by atoms with Crippen LogP contribution in [0.3, 0.4) is 0 Å². The van der Waals surface area contributed by atoms with Crippen molar-refractivity contribution < 1.29 is 4.79 Å². The molecule has 0 atom stereocenters. The Labute approximate surface area is 79.3 Å². The third-order valence-corrected chi connectivity index (χ3v) is 3.11. The van der Waals surface area contributed by atoms with Gasteiger partial charge in [-0.3, -0.25) is 4.79 Å². The van der Waals surface area contributed by atoms with E-state index in [1.54, 1.807) is 0 Å². The molecule has 1 aliphatic heterocycles. The summed E-state index contributed by atoms with van der Waals surface area (Å²) in [6.07, 6.45) is 6.62. The highest BCUT2D eigenvalue weighted by Crippen LogP contribution is 2.34. The van der Waals surface area contributed by atoms with Crippen molar-refractivity contribution in [3.05, 3.63) is 0 Å². The van der Waals surface area contributed by atoms with Crippen LogP contribution >= 0.6 is 0 Å². The maximum atomic E-state index is 11.8. The van der Waals surface area contributed by atoms with E-state index in [0.29, 0.717) is 0 Å². The molecule has 1 amide bonds. The van der Waals surface area contributed by atoms with E-state index in [-0.39, 0.29) is 5.91 Å². The van der Waals surface area contributed by atoms with Crippen LogP contribution in [-0.4, -0.2) is 29.4 Å². The zero-order chi connectivity index (χ0) is 9.31. The molecule has 0 spiro atoms. The second-order valence-electron chi connectivity index (χ2n) is 4.36. The Kier molecular flexibility index (Phi) is 2.28. The predicted molar refractivity (Wildman–Crippen MR) is 51.2 cm³/mol. The number of nitrogens with two attached hydrogens (primary N) is 1. The molecule has 1 saturated carbocycles. The van der Waals surface area contributed by atoms with E-state index in [2.05, 4.69) is 0 Å². The maximum absolute atomic E-state index is 11.8. The normalized spacial score (nSPS) is 26.7. The minimum absolute atomic E-state index is 0.203. The van der Waals surface area contributed by atoms with Gasteiger partial charge in [0.15, 0.2) is 0 Å². The molecule has 0 aromatic carbocycles. The number of hydrogen-bond donors (Lipinski definition) is 1. The first-order chi connectivity index (χ1) is 6.22. The second-order valence-corrected chi connectivity index (χ2v) is 4.36. The van der Waals surface area contributed by atoms with Gasteiger partial charge in [-0.1, -0.05) is 12.8 Å². The van der Waals surface area contributed by atoms with E-state index < -0.39 is 5.54 Å². The van der Waals surface area contributed by atoms with Crippen molar-refractivity contribution in [3.63, 3.8) is 0 Å². The highest BCUT2D eigenvalue weighted by Gasteiger charge is 2.47. The highest BCUT2D eigenvalue weighted by molar-refractivity contribution is 5.89. The summed E-state index contributed by atoms with van der Waals surface area (Å²) in [5, 5.41) is 0. The molecule has 0 unspecified atom stereocenters. The van der Waals surface area contributed by atoms with Crippen LogP contribution in [0.1, 0.15) is 38.5 Å². The van der Waals surface area contributed by atoms with Crippen molar-refractivity contribution in [1.29, 1.82) is 0 Å². The van der Waals surface area contributed by atoms with Crippen molar-refractivity contribution in [2.75, 3.05) is 13.1 Å². The molecule has 2 fully saturated rings. The Balaban J connectivity index is 1.94. The van der Waals surface area contributed by atoms with E-state index in [1.165, 1.54) is 12.8 Å². The number of nitrogens with zero attached hydrogens (tertiary/aromatic N) is 1. The molecule has 3 heteroatoms. The SMILES string of the molecule is NC1(C(=O)N2CCCCCC2)CC1. The molecule has 0 bridgehead atoms. The number of carbonyl (C=O) groups is 1. The molecular formula is C10H18N2O. The molecule has 2 rings (SSSR count). The van der Waals surface area contributed by atoms with Gasteiger partial charge < -0.3 is 10.6 Å². The molecule has 3 nitrogen and oxygen atoms in total. The van der Waals surface area contributed by atoms with Crippen LogP contribution in [0.15, 0.2) is 0 Å². The smallest absolute Gasteiger partial charge is 0.242 e. The molecule has 0 radical (unpaired) electrons. The van der Waals surface area contributed by atoms with E-state index in [9.17, 15) is 4.79 Å². The summed E-state index contributed by atoms with van der Waals surface area (Å²) >= 11 is 0. The monoisotopic (exact) mass is 182 g/mol. The fourth-order valence-electron chi connectivity index (χ4n) is 1.94. The number of carbonyl (C=O) groups excluding carboxylic acids is 1. The van der Waals surface area contributed by atoms with Crippen LogP contribution in [0.5, 0.6) is 0 Å². The number of likely N-dealkylation sites (tertiary alicyclic amines) is 1. The predicted octanol–water partition coefficient (Wildman–Crippen LogP) is 0.880. The van der Waals surface area contributed by atoms with Crippen LogP contribution in [0.4, 0.5) is 0 Å². The summed E-state index contributed by atoms with van der Waals surface area (Å²) in [6, 6.07) is 0. The number of amides is 1. The van der Waals surface area contributed by atoms with Crippen molar-refractivity contribution in [1.82, 2.24) is 4.90 Å². The number of hydrogen-bond acceptors (Lipinski definition) is 2. The van der Waals surface area contributed by atoms with Crippen molar-refractivity contribution in [2.24, 2.45) is 5.73 Å². The van der Waals surface area contributed by atoms with E-state index >= 15 is 0 Å². The lowest BCUT2D eigenvalue weighted by Gasteiger charge is -2.23. The fraction of sp³-hybridized carbons (Fsp3) is 0.900. The third-order valence-electron chi connectivity index (χ3n) is 3.11. The molecule has 0 aromatic rings. The zero-order valence-corrected chi connectivity index (χ0v) is 8.09. The topological polar surface area (TPSA) is 46.3 Å². The van der Waals surface area contributed by atoms with Gasteiger partial charge in [0.2, 0.25) is 5.91 Å². The van der Waals surface area contributed by atoms with Gasteiger partial charge >= 0.3 is 0 Å². The first-order valence-corrected chi connectivity index (χ1v) is 5.31. The summed E-state index contributed by atoms with van der Waals surface area (Å²) in [7, 11) is 0. The molecule has 1 saturated heterocycles. The molecule has 1 heterocycles. The zero-order valence-electron chi connectivity index (χ0n) is 8.09. The highest BCUT2D eigenvalue weighted by atomic mass is 16.2. The van der Waals surface area contributed by atoms with Crippen LogP contribution in [0.2, 0.25) is 0 Å². The van der Waals surface area contributed by atoms with Gasteiger partial charge in [-0.05, 0) is 25.7 Å². The molecule has 74 valence electrons. The van der Waals surface area contributed by atoms with Crippen LogP contribution in [-0.2, 0) is 4.79 Å². The first kappa shape index (κ1) is 9.00. The quantitative estimate of drug-likeness (QED) is 0.654. The van der Waals surface area contributed by atoms with Gasteiger partial charge in [0.1, 0.15) is 0 Å². The Morgan fingerprint density at radius 3 is 2.08 bits per heavy atom. The van der Waals surface area contributed by atoms with Gasteiger partial charge in [0.05, 0.1) is 5.54 Å². The first-order valence-electron chi connectivity index (χ1n) is 5.31. The summed E-state index contributed by atoms with van der Waals surface area (Å²) in [4.78, 5) is 13.8. The van der Waals surface area contributed by atoms with Crippen molar-refractivity contribution in [2.45, 2.75) is 44.1 Å². The number of rotatable bonds is 1. The average molecular weight is 182 g/mol. The van der Waals surface area contributed by atoms with Crippen molar-refractivity contribution in [3.8, 4) is 0 Å². The van der Waals surface area contributed by atoms with Gasteiger partial charge in [0.25, 0.3) is 0 Å². The summed E-state index contributed by atoms with van der Waals surface area (Å²) in [6.45, 7) is 1.86. The lowest BCUT2D eigenvalue weighted by Crippen LogP contribution is -2.46. The minimum atomic E-state index is -0.454. The maximum Gasteiger partial charge on any atom is 0.242 e. The molecule has 1 aliphatic carbocycles. The minimum Gasteiger partial charge on any atom is -0.341 e. The second kappa shape index (κ2) is 3.29. The van der Waals surface area contributed by atoms with E-state index in [4.69, 9.17) is 5.73 Å². The van der Waals surface area contributed by atoms with Gasteiger partial charge in [-0.2, -0.15) is 0 Å². The summed E-state index contributed by atoms with van der Waals surface area (Å²) < 4.78 is 0. The molecular weight excluding hydrogens is 164 g/mol. The van der Waals surface area contributed by atoms with Crippen LogP contribution in [0.25, 0.3) is 0 Å². The van der Waals surface area contributed by atoms with Gasteiger partial charge in [-0.15, -0.1) is 0 Å². The fourth-order valence-corrected chi connectivity index (χ4v) is 1.94. The Morgan fingerprint density at radius 1 is 1.08 bits per heavy atom. The standard InChI is InChI=1S/C10H18N2O/c11-10(5-6-10)9(13)12-7-3-1-2-4-8-12/h1-8,11H2. The van der Waals surface area contributed by atoms with Gasteiger partial charge in [-0.25, -0.2) is 0 Å². The Morgan fingerprint density at radius 2 is 1.62 bits per heavy atom.